The average Bonchev–Trinajstić information content (AvgIpc) is 2.75. The summed E-state index contributed by atoms with van der Waals surface area (Å²) in [5.74, 6) is 1.17. The Labute approximate surface area is 147 Å². The molecule has 0 aromatic rings. The second-order valence-electron chi connectivity index (χ2n) is 7.78. The Hall–Kier alpha value is 0.0795. The van der Waals surface area contributed by atoms with Crippen LogP contribution in [0.2, 0.25) is 9.63 Å². The average molecular weight is 388 g/mol. The number of hydrogen-bond donors (Lipinski definition) is 1. The molecular formula is C18H31NOSSe. The molecule has 0 spiro atoms. The fourth-order valence-electron chi connectivity index (χ4n) is 4.54. The van der Waals surface area contributed by atoms with Gasteiger partial charge in [0.1, 0.15) is 0 Å². The molecule has 2 aliphatic rings. The van der Waals surface area contributed by atoms with Crippen molar-refractivity contribution in [2.24, 2.45) is 16.7 Å². The van der Waals surface area contributed by atoms with Gasteiger partial charge >= 0.3 is 148 Å². The van der Waals surface area contributed by atoms with E-state index in [1.807, 2.05) is 6.92 Å². The summed E-state index contributed by atoms with van der Waals surface area (Å²) in [5.41, 5.74) is 0.113. The topological polar surface area (TPSA) is 29.1 Å². The fourth-order valence-corrected chi connectivity index (χ4v) is 9.04. The van der Waals surface area contributed by atoms with E-state index in [0.717, 1.165) is 24.3 Å². The molecule has 0 radical (unpaired) electrons. The van der Waals surface area contributed by atoms with E-state index in [9.17, 15) is 4.79 Å². The molecule has 2 aliphatic carbocycles. The van der Waals surface area contributed by atoms with Gasteiger partial charge in [-0.2, -0.15) is 0 Å². The maximum absolute atomic E-state index is 13.1. The van der Waals surface area contributed by atoms with Gasteiger partial charge in [0.05, 0.1) is 0 Å². The zero-order valence-corrected chi connectivity index (χ0v) is 17.4. The van der Waals surface area contributed by atoms with E-state index in [2.05, 4.69) is 39.9 Å². The third kappa shape index (κ3) is 2.80. The van der Waals surface area contributed by atoms with E-state index >= 15 is 0 Å². The van der Waals surface area contributed by atoms with Gasteiger partial charge in [0, 0.05) is 0 Å². The van der Waals surface area contributed by atoms with Crippen LogP contribution >= 0.6 is 12.2 Å². The summed E-state index contributed by atoms with van der Waals surface area (Å²) in [4.78, 5) is 14.9. The number of carbonyl (C=O) groups excluding carboxylic acids is 1. The van der Waals surface area contributed by atoms with Crippen LogP contribution < -0.4 is 5.32 Å². The number of ketones is 1. The van der Waals surface area contributed by atoms with Crippen molar-refractivity contribution in [1.29, 1.82) is 0 Å². The van der Waals surface area contributed by atoms with E-state index in [0.29, 0.717) is 42.3 Å². The summed E-state index contributed by atoms with van der Waals surface area (Å²) < 4.78 is 0. The first kappa shape index (κ1) is 18.4. The van der Waals surface area contributed by atoms with Crippen molar-refractivity contribution in [2.75, 3.05) is 0 Å². The molecule has 2 bridgehead atoms. The van der Waals surface area contributed by atoms with Crippen LogP contribution in [0, 0.1) is 16.7 Å². The number of carbonyl (C=O) groups is 1. The van der Waals surface area contributed by atoms with Crippen molar-refractivity contribution < 1.29 is 4.79 Å². The van der Waals surface area contributed by atoms with Gasteiger partial charge in [-0.3, -0.25) is 0 Å². The van der Waals surface area contributed by atoms with Crippen LogP contribution in [0.3, 0.4) is 0 Å². The summed E-state index contributed by atoms with van der Waals surface area (Å²) in [7, 11) is 0. The SMILES string of the molecule is CCC(NC(C)=S)[C@H](CC)[Se][C@@H]1C(=O)[C@]2(C)CC[C@H]1C2(C)C. The summed E-state index contributed by atoms with van der Waals surface area (Å²) in [6, 6.07) is 0.436. The second kappa shape index (κ2) is 6.53. The number of Topliss-reactive ketones (excluding diaryl/α,β-unsaturated/α-hetero) is 1. The molecule has 2 saturated carbocycles. The van der Waals surface area contributed by atoms with E-state index in [1.54, 1.807) is 0 Å². The van der Waals surface area contributed by atoms with Crippen molar-refractivity contribution in [2.45, 2.75) is 82.9 Å². The van der Waals surface area contributed by atoms with Gasteiger partial charge in [0.15, 0.2) is 0 Å². The molecule has 2 nitrogen and oxygen atoms in total. The molecule has 5 atom stereocenters. The Balaban J connectivity index is 2.16. The molecule has 0 aromatic carbocycles. The number of rotatable bonds is 6. The van der Waals surface area contributed by atoms with Crippen LogP contribution in [0.4, 0.5) is 0 Å². The molecule has 0 aliphatic heterocycles. The van der Waals surface area contributed by atoms with Gasteiger partial charge in [-0.05, 0) is 0 Å². The Bertz CT molecular complexity index is 464. The van der Waals surface area contributed by atoms with Crippen LogP contribution in [0.15, 0.2) is 0 Å². The third-order valence-corrected chi connectivity index (χ3v) is 10.5. The van der Waals surface area contributed by atoms with Crippen molar-refractivity contribution in [1.82, 2.24) is 5.32 Å². The molecule has 0 saturated heterocycles. The Morgan fingerprint density at radius 1 is 1.36 bits per heavy atom. The molecular weight excluding hydrogens is 357 g/mol. The molecule has 1 N–H and O–H groups in total. The van der Waals surface area contributed by atoms with E-state index in [4.69, 9.17) is 12.2 Å². The minimum absolute atomic E-state index is 0.0719. The van der Waals surface area contributed by atoms with Crippen molar-refractivity contribution >= 4 is 37.9 Å². The maximum atomic E-state index is 13.1. The molecule has 0 aromatic heterocycles. The number of nitrogens with one attached hydrogen (secondary N) is 1. The van der Waals surface area contributed by atoms with Crippen LogP contribution in [-0.4, -0.2) is 31.8 Å². The van der Waals surface area contributed by atoms with E-state index in [1.165, 1.54) is 6.42 Å². The normalized spacial score (nSPS) is 35.5. The van der Waals surface area contributed by atoms with Gasteiger partial charge in [0.2, 0.25) is 0 Å². The van der Waals surface area contributed by atoms with Gasteiger partial charge in [0.25, 0.3) is 0 Å². The van der Waals surface area contributed by atoms with Crippen molar-refractivity contribution in [3.8, 4) is 0 Å². The van der Waals surface area contributed by atoms with Crippen molar-refractivity contribution in [3.05, 3.63) is 0 Å². The molecule has 1 unspecified atom stereocenters. The Morgan fingerprint density at radius 3 is 2.41 bits per heavy atom. The van der Waals surface area contributed by atoms with Gasteiger partial charge in [-0.1, -0.05) is 0 Å². The zero-order valence-electron chi connectivity index (χ0n) is 14.9. The summed E-state index contributed by atoms with van der Waals surface area (Å²) in [5, 5.41) is 3.48. The number of thiocarbonyl (C=S) groups is 1. The van der Waals surface area contributed by atoms with Gasteiger partial charge in [-0.15, -0.1) is 0 Å². The quantitative estimate of drug-likeness (QED) is 0.540. The van der Waals surface area contributed by atoms with Gasteiger partial charge < -0.3 is 0 Å². The monoisotopic (exact) mass is 389 g/mol. The molecule has 22 heavy (non-hydrogen) atoms. The first-order valence-electron chi connectivity index (χ1n) is 8.65. The predicted molar refractivity (Wildman–Crippen MR) is 98.7 cm³/mol. The molecule has 0 amide bonds. The van der Waals surface area contributed by atoms with Crippen LogP contribution in [-0.2, 0) is 4.79 Å². The second-order valence-corrected chi connectivity index (χ2v) is 11.3. The molecule has 2 fully saturated rings. The first-order chi connectivity index (χ1) is 10.2. The minimum atomic E-state index is -0.0719. The Morgan fingerprint density at radius 2 is 2.00 bits per heavy atom. The van der Waals surface area contributed by atoms with Crippen LogP contribution in [0.25, 0.3) is 0 Å². The number of hydrogen-bond acceptors (Lipinski definition) is 2. The molecule has 2 rings (SSSR count). The van der Waals surface area contributed by atoms with Crippen LogP contribution in [0.5, 0.6) is 0 Å². The molecule has 0 heterocycles. The van der Waals surface area contributed by atoms with Crippen LogP contribution in [0.1, 0.15) is 67.2 Å². The predicted octanol–water partition coefficient (Wildman–Crippen LogP) is 4.42. The molecule has 126 valence electrons. The number of fused-ring (bicyclic) bond motifs is 2. The summed E-state index contributed by atoms with van der Waals surface area (Å²) in [6.45, 7) is 13.3. The Kier molecular flexibility index (Phi) is 5.47. The third-order valence-electron chi connectivity index (χ3n) is 6.47. The first-order valence-corrected chi connectivity index (χ1v) is 11.0. The van der Waals surface area contributed by atoms with Gasteiger partial charge in [-0.25, -0.2) is 0 Å². The van der Waals surface area contributed by atoms with E-state index in [-0.39, 0.29) is 10.8 Å². The molecule has 4 heteroatoms. The van der Waals surface area contributed by atoms with E-state index < -0.39 is 0 Å². The zero-order chi connectivity index (χ0) is 16.7. The summed E-state index contributed by atoms with van der Waals surface area (Å²) in [6.07, 6.45) is 4.57. The van der Waals surface area contributed by atoms with Crippen molar-refractivity contribution in [3.63, 3.8) is 0 Å². The summed E-state index contributed by atoms with van der Waals surface area (Å²) >= 11 is 5.61. The fraction of sp³-hybridized carbons (Fsp3) is 0.889. The standard InChI is InChI=1S/C18H31NOSSe/c1-7-13(19-11(3)21)14(8-2)22-15-12-9-10-18(6,16(15)20)17(12,4)5/h12-15H,7-10H2,1-6H3,(H,19,21)/t12-,13?,14+,15+,18+/m1/s1.